The summed E-state index contributed by atoms with van der Waals surface area (Å²) in [5.74, 6) is -1.27. The maximum Gasteiger partial charge on any atom is 0.421 e. The maximum atomic E-state index is 12.2. The lowest BCUT2D eigenvalue weighted by molar-refractivity contribution is -0.139. The number of carbonyl (C=O) groups is 1. The molecule has 1 rings (SSSR count). The van der Waals surface area contributed by atoms with Crippen LogP contribution in [0.15, 0.2) is 17.1 Å². The molecule has 0 saturated carbocycles. The Hall–Kier alpha value is -1.79. The number of carboxylic acids is 1. The highest BCUT2D eigenvalue weighted by Crippen LogP contribution is 2.26. The van der Waals surface area contributed by atoms with Crippen LogP contribution < -0.4 is 5.56 Å². The molecule has 0 bridgehead atoms. The van der Waals surface area contributed by atoms with Crippen LogP contribution in [0, 0.1) is 0 Å². The molecular formula is C8H6F3NO3. The number of aliphatic carboxylic acids is 1. The zero-order valence-electron chi connectivity index (χ0n) is 7.26. The summed E-state index contributed by atoms with van der Waals surface area (Å²) in [7, 11) is 0. The summed E-state index contributed by atoms with van der Waals surface area (Å²) >= 11 is 0. The van der Waals surface area contributed by atoms with Crippen LogP contribution in [0.3, 0.4) is 0 Å². The molecular weight excluding hydrogens is 215 g/mol. The van der Waals surface area contributed by atoms with E-state index in [1.54, 1.807) is 0 Å². The highest BCUT2D eigenvalue weighted by atomic mass is 19.4. The smallest absolute Gasteiger partial charge is 0.421 e. The van der Waals surface area contributed by atoms with Crippen molar-refractivity contribution in [3.05, 3.63) is 33.7 Å². The van der Waals surface area contributed by atoms with E-state index in [2.05, 4.69) is 0 Å². The van der Waals surface area contributed by atoms with Crippen LogP contribution in [0.1, 0.15) is 11.1 Å². The molecule has 82 valence electrons. The third kappa shape index (κ3) is 2.83. The molecule has 0 unspecified atom stereocenters. The second-order valence-electron chi connectivity index (χ2n) is 2.82. The van der Waals surface area contributed by atoms with Gasteiger partial charge in [-0.2, -0.15) is 13.2 Å². The Kier molecular flexibility index (Phi) is 2.83. The lowest BCUT2D eigenvalue weighted by atomic mass is 10.1. The van der Waals surface area contributed by atoms with Crippen LogP contribution in [0.5, 0.6) is 0 Å². The Balaban J connectivity index is 3.17. The first-order valence-corrected chi connectivity index (χ1v) is 3.81. The number of nitrogens with one attached hydrogen (secondary N) is 1. The van der Waals surface area contributed by atoms with Crippen molar-refractivity contribution in [2.45, 2.75) is 12.6 Å². The highest BCUT2D eigenvalue weighted by molar-refractivity contribution is 5.70. The molecule has 0 radical (unpaired) electrons. The molecule has 1 aromatic rings. The molecule has 0 aromatic carbocycles. The van der Waals surface area contributed by atoms with Gasteiger partial charge < -0.3 is 10.1 Å². The molecule has 4 nitrogen and oxygen atoms in total. The predicted molar refractivity (Wildman–Crippen MR) is 43.4 cm³/mol. The van der Waals surface area contributed by atoms with Gasteiger partial charge >= 0.3 is 12.1 Å². The first kappa shape index (κ1) is 11.3. The Labute approximate surface area is 81.4 Å². The third-order valence-electron chi connectivity index (χ3n) is 1.62. The Morgan fingerprint density at radius 2 is 2.07 bits per heavy atom. The largest absolute Gasteiger partial charge is 0.481 e. The van der Waals surface area contributed by atoms with Gasteiger partial charge in [-0.25, -0.2) is 0 Å². The molecule has 7 heteroatoms. The minimum atomic E-state index is -4.78. The van der Waals surface area contributed by atoms with Gasteiger partial charge in [0.2, 0.25) is 0 Å². The van der Waals surface area contributed by atoms with Crippen molar-refractivity contribution in [3.8, 4) is 0 Å². The van der Waals surface area contributed by atoms with Gasteiger partial charge in [0.25, 0.3) is 5.56 Å². The summed E-state index contributed by atoms with van der Waals surface area (Å²) < 4.78 is 36.6. The summed E-state index contributed by atoms with van der Waals surface area (Å²) in [6, 6.07) is 0.535. The molecule has 0 atom stereocenters. The molecule has 0 aliphatic carbocycles. The zero-order valence-corrected chi connectivity index (χ0v) is 7.26. The molecule has 2 N–H and O–H groups in total. The van der Waals surface area contributed by atoms with E-state index in [-0.39, 0.29) is 5.56 Å². The average molecular weight is 221 g/mol. The fraction of sp³-hybridized carbons (Fsp3) is 0.250. The number of alkyl halides is 3. The van der Waals surface area contributed by atoms with Crippen LogP contribution in [0.25, 0.3) is 0 Å². The number of hydrogen-bond donors (Lipinski definition) is 2. The van der Waals surface area contributed by atoms with Gasteiger partial charge in [-0.1, -0.05) is 0 Å². The average Bonchev–Trinajstić information content (AvgIpc) is 2.05. The molecule has 0 amide bonds. The Bertz CT molecular complexity index is 435. The summed E-state index contributed by atoms with van der Waals surface area (Å²) in [5, 5.41) is 8.36. The minimum Gasteiger partial charge on any atom is -0.481 e. The van der Waals surface area contributed by atoms with Crippen molar-refractivity contribution in [1.82, 2.24) is 4.98 Å². The molecule has 0 fully saturated rings. The molecule has 0 spiro atoms. The lowest BCUT2D eigenvalue weighted by Crippen LogP contribution is -2.22. The SMILES string of the molecule is O=C(O)Cc1c[nH]c(=O)c(C(F)(F)F)c1. The number of hydrogen-bond acceptors (Lipinski definition) is 2. The van der Waals surface area contributed by atoms with E-state index in [0.717, 1.165) is 6.20 Å². The van der Waals surface area contributed by atoms with E-state index in [9.17, 15) is 22.8 Å². The molecule has 15 heavy (non-hydrogen) atoms. The van der Waals surface area contributed by atoms with Gasteiger partial charge in [0, 0.05) is 6.20 Å². The monoisotopic (exact) mass is 221 g/mol. The van der Waals surface area contributed by atoms with Crippen molar-refractivity contribution in [2.24, 2.45) is 0 Å². The highest BCUT2D eigenvalue weighted by Gasteiger charge is 2.34. The van der Waals surface area contributed by atoms with Gasteiger partial charge in [0.1, 0.15) is 5.56 Å². The number of rotatable bonds is 2. The molecule has 0 aliphatic rings. The maximum absolute atomic E-state index is 12.2. The van der Waals surface area contributed by atoms with Crippen LogP contribution in [-0.2, 0) is 17.4 Å². The quantitative estimate of drug-likeness (QED) is 0.783. The second-order valence-corrected chi connectivity index (χ2v) is 2.82. The van der Waals surface area contributed by atoms with Crippen LogP contribution >= 0.6 is 0 Å². The normalized spacial score (nSPS) is 11.4. The Morgan fingerprint density at radius 1 is 1.47 bits per heavy atom. The van der Waals surface area contributed by atoms with Crippen molar-refractivity contribution in [2.75, 3.05) is 0 Å². The standard InChI is InChI=1S/C8H6F3NO3/c9-8(10,11)5-1-4(2-6(13)14)3-12-7(5)15/h1,3H,2H2,(H,12,15)(H,13,14). The van der Waals surface area contributed by atoms with E-state index in [1.165, 1.54) is 0 Å². The van der Waals surface area contributed by atoms with E-state index in [4.69, 9.17) is 5.11 Å². The van der Waals surface area contributed by atoms with Crippen LogP contribution in [0.2, 0.25) is 0 Å². The van der Waals surface area contributed by atoms with Gasteiger partial charge in [-0.15, -0.1) is 0 Å². The third-order valence-corrected chi connectivity index (χ3v) is 1.62. The fourth-order valence-electron chi connectivity index (χ4n) is 1.02. The summed E-state index contributed by atoms with van der Waals surface area (Å²) in [5.41, 5.74) is -2.77. The molecule has 1 aromatic heterocycles. The van der Waals surface area contributed by atoms with E-state index >= 15 is 0 Å². The van der Waals surface area contributed by atoms with Gasteiger partial charge in [0.05, 0.1) is 6.42 Å². The topological polar surface area (TPSA) is 70.2 Å². The summed E-state index contributed by atoms with van der Waals surface area (Å²) in [6.45, 7) is 0. The van der Waals surface area contributed by atoms with Crippen LogP contribution in [-0.4, -0.2) is 16.1 Å². The predicted octanol–water partition coefficient (Wildman–Crippen LogP) is 1.02. The lowest BCUT2D eigenvalue weighted by Gasteiger charge is -2.06. The first-order chi connectivity index (χ1) is 6.80. The number of pyridine rings is 1. The molecule has 1 heterocycles. The second kappa shape index (κ2) is 3.76. The van der Waals surface area contributed by atoms with E-state index in [1.807, 2.05) is 4.98 Å². The molecule has 0 saturated heterocycles. The Morgan fingerprint density at radius 3 is 2.53 bits per heavy atom. The van der Waals surface area contributed by atoms with Crippen LogP contribution in [0.4, 0.5) is 13.2 Å². The number of H-pyrrole nitrogens is 1. The van der Waals surface area contributed by atoms with E-state index < -0.39 is 29.7 Å². The van der Waals surface area contributed by atoms with Gasteiger partial charge in [-0.3, -0.25) is 9.59 Å². The van der Waals surface area contributed by atoms with Crippen molar-refractivity contribution in [3.63, 3.8) is 0 Å². The zero-order chi connectivity index (χ0) is 11.6. The van der Waals surface area contributed by atoms with Gasteiger partial charge in [-0.05, 0) is 11.6 Å². The fourth-order valence-corrected chi connectivity index (χ4v) is 1.02. The minimum absolute atomic E-state index is 0.102. The van der Waals surface area contributed by atoms with Crippen molar-refractivity contribution >= 4 is 5.97 Å². The number of aromatic amines is 1. The summed E-state index contributed by atoms with van der Waals surface area (Å²) in [6.07, 6.45) is -4.40. The molecule has 0 aliphatic heterocycles. The first-order valence-electron chi connectivity index (χ1n) is 3.81. The van der Waals surface area contributed by atoms with Crippen molar-refractivity contribution in [1.29, 1.82) is 0 Å². The van der Waals surface area contributed by atoms with Gasteiger partial charge in [0.15, 0.2) is 0 Å². The summed E-state index contributed by atoms with van der Waals surface area (Å²) in [4.78, 5) is 22.9. The number of aromatic nitrogens is 1. The van der Waals surface area contributed by atoms with E-state index in [0.29, 0.717) is 6.07 Å². The number of halogens is 3. The van der Waals surface area contributed by atoms with Crippen molar-refractivity contribution < 1.29 is 23.1 Å². The number of carboxylic acid groups (broad SMARTS) is 1.